The summed E-state index contributed by atoms with van der Waals surface area (Å²) in [7, 11) is -1.46. The van der Waals surface area contributed by atoms with E-state index in [9.17, 15) is 0 Å². The van der Waals surface area contributed by atoms with Crippen molar-refractivity contribution in [2.45, 2.75) is 38.6 Å². The number of ether oxygens (including phenoxy) is 1. The Hall–Kier alpha value is -1.06. The highest BCUT2D eigenvalue weighted by Crippen LogP contribution is 2.31. The second-order valence-corrected chi connectivity index (χ2v) is 10.2. The van der Waals surface area contributed by atoms with Crippen LogP contribution in [-0.4, -0.2) is 14.9 Å². The first kappa shape index (κ1) is 13.4. The number of hydrogen-bond donors (Lipinski definition) is 0. The molecule has 3 heteroatoms. The molecule has 1 heterocycles. The Balaban J connectivity index is 2.01. The standard InChI is InChI=1S/C15H22O2Si/c1-18(2,3)17-12-13-9-10-16-15(11-13)14-7-5-4-6-8-14/h4-8,12,15H,9-11H2,1-3H3/b13-12+. The summed E-state index contributed by atoms with van der Waals surface area (Å²) in [6.07, 6.45) is 4.13. The van der Waals surface area contributed by atoms with Gasteiger partial charge in [0.25, 0.3) is 0 Å². The lowest BCUT2D eigenvalue weighted by atomic mass is 9.98. The molecule has 1 aromatic rings. The van der Waals surface area contributed by atoms with Crippen LogP contribution in [0, 0.1) is 0 Å². The van der Waals surface area contributed by atoms with Crippen LogP contribution in [0.4, 0.5) is 0 Å². The zero-order valence-corrected chi connectivity index (χ0v) is 12.5. The molecule has 1 aliphatic heterocycles. The summed E-state index contributed by atoms with van der Waals surface area (Å²) in [5.74, 6) is 0. The van der Waals surface area contributed by atoms with Crippen LogP contribution >= 0.6 is 0 Å². The molecule has 2 nitrogen and oxygen atoms in total. The number of benzene rings is 1. The van der Waals surface area contributed by atoms with Crippen LogP contribution in [0.25, 0.3) is 0 Å². The number of hydrogen-bond acceptors (Lipinski definition) is 2. The summed E-state index contributed by atoms with van der Waals surface area (Å²) < 4.78 is 11.7. The zero-order chi connectivity index (χ0) is 13.0. The van der Waals surface area contributed by atoms with Gasteiger partial charge in [-0.05, 0) is 37.2 Å². The Morgan fingerprint density at radius 1 is 1.22 bits per heavy atom. The van der Waals surface area contributed by atoms with Crippen molar-refractivity contribution in [3.05, 3.63) is 47.7 Å². The van der Waals surface area contributed by atoms with Gasteiger partial charge in [0, 0.05) is 6.42 Å². The van der Waals surface area contributed by atoms with Gasteiger partial charge in [-0.3, -0.25) is 0 Å². The smallest absolute Gasteiger partial charge is 0.241 e. The van der Waals surface area contributed by atoms with E-state index in [2.05, 4.69) is 43.9 Å². The van der Waals surface area contributed by atoms with Crippen LogP contribution in [0.1, 0.15) is 24.5 Å². The SMILES string of the molecule is C[Si](C)(C)O/C=C1\CCOC(c2ccccc2)C1. The maximum Gasteiger partial charge on any atom is 0.241 e. The molecule has 2 rings (SSSR count). The molecule has 0 spiro atoms. The molecule has 0 aliphatic carbocycles. The summed E-state index contributed by atoms with van der Waals surface area (Å²) in [6.45, 7) is 7.41. The van der Waals surface area contributed by atoms with Gasteiger partial charge in [-0.15, -0.1) is 0 Å². The molecule has 1 fully saturated rings. The minimum Gasteiger partial charge on any atom is -0.550 e. The summed E-state index contributed by atoms with van der Waals surface area (Å²) in [5, 5.41) is 0. The van der Waals surface area contributed by atoms with E-state index >= 15 is 0 Å². The van der Waals surface area contributed by atoms with Gasteiger partial charge in [0.2, 0.25) is 8.32 Å². The van der Waals surface area contributed by atoms with Crippen molar-refractivity contribution in [2.75, 3.05) is 6.61 Å². The van der Waals surface area contributed by atoms with Crippen molar-refractivity contribution in [3.8, 4) is 0 Å². The predicted molar refractivity (Wildman–Crippen MR) is 76.9 cm³/mol. The van der Waals surface area contributed by atoms with E-state index in [1.54, 1.807) is 0 Å². The molecule has 0 radical (unpaired) electrons. The van der Waals surface area contributed by atoms with Crippen molar-refractivity contribution in [1.29, 1.82) is 0 Å². The average molecular weight is 262 g/mol. The van der Waals surface area contributed by atoms with Gasteiger partial charge in [0.15, 0.2) is 0 Å². The van der Waals surface area contributed by atoms with Gasteiger partial charge < -0.3 is 9.16 Å². The lowest BCUT2D eigenvalue weighted by Crippen LogP contribution is -2.23. The van der Waals surface area contributed by atoms with Gasteiger partial charge in [0.05, 0.1) is 19.0 Å². The molecule has 1 atom stereocenters. The third-order valence-electron chi connectivity index (χ3n) is 2.94. The van der Waals surface area contributed by atoms with Crippen molar-refractivity contribution in [3.63, 3.8) is 0 Å². The Morgan fingerprint density at radius 2 is 1.94 bits per heavy atom. The van der Waals surface area contributed by atoms with Crippen LogP contribution in [0.15, 0.2) is 42.2 Å². The highest BCUT2D eigenvalue weighted by atomic mass is 28.4. The zero-order valence-electron chi connectivity index (χ0n) is 11.5. The van der Waals surface area contributed by atoms with Gasteiger partial charge in [-0.2, -0.15) is 0 Å². The summed E-state index contributed by atoms with van der Waals surface area (Å²) in [4.78, 5) is 0. The van der Waals surface area contributed by atoms with Gasteiger partial charge in [-0.1, -0.05) is 30.3 Å². The van der Waals surface area contributed by atoms with E-state index < -0.39 is 8.32 Å². The minimum absolute atomic E-state index is 0.191. The molecular weight excluding hydrogens is 240 g/mol. The molecule has 0 bridgehead atoms. The first-order chi connectivity index (χ1) is 8.54. The van der Waals surface area contributed by atoms with Crippen molar-refractivity contribution < 1.29 is 9.16 Å². The maximum absolute atomic E-state index is 5.87. The van der Waals surface area contributed by atoms with Crippen LogP contribution < -0.4 is 0 Å². The molecule has 98 valence electrons. The summed E-state index contributed by atoms with van der Waals surface area (Å²) in [5.41, 5.74) is 2.63. The first-order valence-electron chi connectivity index (χ1n) is 6.57. The Bertz CT molecular complexity index is 406. The lowest BCUT2D eigenvalue weighted by molar-refractivity contribution is 0.0340. The average Bonchev–Trinajstić information content (AvgIpc) is 2.37. The van der Waals surface area contributed by atoms with E-state index in [4.69, 9.17) is 9.16 Å². The van der Waals surface area contributed by atoms with Crippen molar-refractivity contribution in [2.24, 2.45) is 0 Å². The topological polar surface area (TPSA) is 18.5 Å². The molecule has 0 saturated carbocycles. The van der Waals surface area contributed by atoms with Gasteiger partial charge >= 0.3 is 0 Å². The van der Waals surface area contributed by atoms with E-state index in [1.165, 1.54) is 11.1 Å². The maximum atomic E-state index is 5.87. The quantitative estimate of drug-likeness (QED) is 0.598. The van der Waals surface area contributed by atoms with Gasteiger partial charge in [-0.25, -0.2) is 0 Å². The van der Waals surface area contributed by atoms with E-state index in [-0.39, 0.29) is 6.10 Å². The first-order valence-corrected chi connectivity index (χ1v) is 9.98. The molecule has 1 aliphatic rings. The normalized spacial score (nSPS) is 23.1. The van der Waals surface area contributed by atoms with Crippen molar-refractivity contribution >= 4 is 8.32 Å². The second-order valence-electron chi connectivity index (χ2n) is 5.73. The highest BCUT2D eigenvalue weighted by Gasteiger charge is 2.20. The fourth-order valence-corrected chi connectivity index (χ4v) is 2.50. The third-order valence-corrected chi connectivity index (χ3v) is 3.77. The molecule has 0 aromatic heterocycles. The summed E-state index contributed by atoms with van der Waals surface area (Å²) >= 11 is 0. The minimum atomic E-state index is -1.46. The van der Waals surface area contributed by atoms with E-state index in [0.29, 0.717) is 0 Å². The van der Waals surface area contributed by atoms with Crippen LogP contribution in [-0.2, 0) is 9.16 Å². The van der Waals surface area contributed by atoms with E-state index in [0.717, 1.165) is 19.4 Å². The van der Waals surface area contributed by atoms with Gasteiger partial charge in [0.1, 0.15) is 0 Å². The Labute approximate surface area is 111 Å². The van der Waals surface area contributed by atoms with Crippen molar-refractivity contribution in [1.82, 2.24) is 0 Å². The Kier molecular flexibility index (Phi) is 4.25. The monoisotopic (exact) mass is 262 g/mol. The largest absolute Gasteiger partial charge is 0.550 e. The third kappa shape index (κ3) is 4.00. The molecular formula is C15H22O2Si. The summed E-state index contributed by atoms with van der Waals surface area (Å²) in [6, 6.07) is 10.4. The second kappa shape index (κ2) is 5.72. The fraction of sp³-hybridized carbons (Fsp3) is 0.467. The molecule has 1 aromatic carbocycles. The molecule has 1 saturated heterocycles. The fourth-order valence-electron chi connectivity index (χ4n) is 1.98. The molecule has 0 amide bonds. The number of rotatable bonds is 3. The Morgan fingerprint density at radius 3 is 2.61 bits per heavy atom. The van der Waals surface area contributed by atoms with Crippen LogP contribution in [0.2, 0.25) is 19.6 Å². The van der Waals surface area contributed by atoms with Crippen LogP contribution in [0.3, 0.4) is 0 Å². The van der Waals surface area contributed by atoms with Crippen LogP contribution in [0.5, 0.6) is 0 Å². The molecule has 18 heavy (non-hydrogen) atoms. The predicted octanol–water partition coefficient (Wildman–Crippen LogP) is 4.27. The van der Waals surface area contributed by atoms with E-state index in [1.807, 2.05) is 12.3 Å². The molecule has 1 unspecified atom stereocenters. The highest BCUT2D eigenvalue weighted by molar-refractivity contribution is 6.69. The lowest BCUT2D eigenvalue weighted by Gasteiger charge is -2.26. The molecule has 0 N–H and O–H groups in total.